The molecule has 6 heteroatoms. The van der Waals surface area contributed by atoms with Crippen molar-refractivity contribution in [3.05, 3.63) is 64.5 Å². The summed E-state index contributed by atoms with van der Waals surface area (Å²) in [5, 5.41) is 0.813. The minimum atomic E-state index is -0.669. The third kappa shape index (κ3) is 1.88. The van der Waals surface area contributed by atoms with Gasteiger partial charge in [-0.2, -0.15) is 4.98 Å². The molecule has 2 aliphatic heterocycles. The Morgan fingerprint density at radius 1 is 1.18 bits per heavy atom. The lowest BCUT2D eigenvalue weighted by atomic mass is 10.2. The van der Waals surface area contributed by atoms with E-state index in [0.29, 0.717) is 22.9 Å². The Morgan fingerprint density at radius 3 is 2.73 bits per heavy atom. The highest BCUT2D eigenvalue weighted by molar-refractivity contribution is 5.83. The molecule has 0 amide bonds. The molecule has 0 spiro atoms. The molecule has 0 aliphatic carbocycles. The smallest absolute Gasteiger partial charge is 0.405 e. The van der Waals surface area contributed by atoms with E-state index in [2.05, 4.69) is 9.97 Å². The molecule has 2 aromatic rings. The lowest BCUT2D eigenvalue weighted by Crippen LogP contribution is -2.06. The van der Waals surface area contributed by atoms with Gasteiger partial charge in [0.2, 0.25) is 0 Å². The third-order valence-corrected chi connectivity index (χ3v) is 3.44. The Kier molecular flexibility index (Phi) is 2.59. The molecule has 0 N–H and O–H groups in total. The number of rotatable bonds is 1. The van der Waals surface area contributed by atoms with Gasteiger partial charge in [0.1, 0.15) is 11.5 Å². The number of oxazole rings is 1. The van der Waals surface area contributed by atoms with Crippen molar-refractivity contribution in [2.45, 2.75) is 6.92 Å². The molecule has 1 aromatic carbocycles. The first-order chi connectivity index (χ1) is 10.6. The summed E-state index contributed by atoms with van der Waals surface area (Å²) in [5.74, 6) is -0.276. The van der Waals surface area contributed by atoms with Crippen LogP contribution in [0.1, 0.15) is 5.56 Å². The van der Waals surface area contributed by atoms with Gasteiger partial charge >= 0.3 is 5.76 Å². The average Bonchev–Trinajstić information content (AvgIpc) is 2.85. The summed E-state index contributed by atoms with van der Waals surface area (Å²) in [4.78, 5) is 19.8. The molecule has 22 heavy (non-hydrogen) atoms. The van der Waals surface area contributed by atoms with E-state index >= 15 is 0 Å². The van der Waals surface area contributed by atoms with Gasteiger partial charge in [0, 0.05) is 17.3 Å². The van der Waals surface area contributed by atoms with Gasteiger partial charge in [-0.05, 0) is 48.9 Å². The Bertz CT molecular complexity index is 1020. The number of aryl methyl sites for hydroxylation is 1. The monoisotopic (exact) mass is 295 g/mol. The molecule has 5 nitrogen and oxygen atoms in total. The van der Waals surface area contributed by atoms with Crippen molar-refractivity contribution < 1.29 is 8.81 Å². The number of halogens is 1. The highest BCUT2D eigenvalue weighted by atomic mass is 19.1. The lowest BCUT2D eigenvalue weighted by molar-refractivity contribution is 0.531. The van der Waals surface area contributed by atoms with E-state index in [0.717, 1.165) is 10.9 Å². The predicted molar refractivity (Wildman–Crippen MR) is 78.7 cm³/mol. The second-order valence-corrected chi connectivity index (χ2v) is 5.05. The molecule has 0 unspecified atom stereocenters. The fourth-order valence-electron chi connectivity index (χ4n) is 2.51. The molecule has 0 fully saturated rings. The van der Waals surface area contributed by atoms with Crippen LogP contribution in [0, 0.1) is 12.7 Å². The summed E-state index contributed by atoms with van der Waals surface area (Å²) < 4.78 is 20.0. The molecule has 0 saturated heterocycles. The molecule has 1 aromatic heterocycles. The maximum atomic E-state index is 13.2. The minimum absolute atomic E-state index is 0.339. The van der Waals surface area contributed by atoms with Crippen molar-refractivity contribution in [2.24, 2.45) is 0 Å². The highest BCUT2D eigenvalue weighted by Crippen LogP contribution is 2.28. The summed E-state index contributed by atoms with van der Waals surface area (Å²) >= 11 is 0. The van der Waals surface area contributed by atoms with E-state index in [9.17, 15) is 9.18 Å². The van der Waals surface area contributed by atoms with Gasteiger partial charge in [-0.1, -0.05) is 0 Å². The fourth-order valence-corrected chi connectivity index (χ4v) is 2.51. The normalized spacial score (nSPS) is 11.4. The van der Waals surface area contributed by atoms with E-state index in [1.165, 1.54) is 12.1 Å². The second-order valence-electron chi connectivity index (χ2n) is 5.05. The van der Waals surface area contributed by atoms with E-state index in [-0.39, 0.29) is 5.82 Å². The van der Waals surface area contributed by atoms with Crippen molar-refractivity contribution in [1.82, 2.24) is 14.5 Å². The standard InChI is InChI=1S/C16H10FN3O2/c1-9-6-10-7-13-15(19-16(21)22-13)20(14(10)18-8-9)12-4-2-11(17)3-5-12/h2-8H,1H3. The largest absolute Gasteiger partial charge is 0.441 e. The van der Waals surface area contributed by atoms with Gasteiger partial charge in [0.05, 0.1) is 0 Å². The van der Waals surface area contributed by atoms with E-state index in [4.69, 9.17) is 4.42 Å². The minimum Gasteiger partial charge on any atom is -0.405 e. The van der Waals surface area contributed by atoms with Gasteiger partial charge < -0.3 is 4.42 Å². The number of hydrogen-bond acceptors (Lipinski definition) is 4. The Labute approximate surface area is 124 Å². The lowest BCUT2D eigenvalue weighted by Gasteiger charge is -2.14. The second kappa shape index (κ2) is 4.49. The van der Waals surface area contributed by atoms with Crippen LogP contribution in [0.2, 0.25) is 0 Å². The van der Waals surface area contributed by atoms with Crippen LogP contribution in [0.5, 0.6) is 0 Å². The van der Waals surface area contributed by atoms with Crippen LogP contribution < -0.4 is 5.76 Å². The zero-order valence-corrected chi connectivity index (χ0v) is 11.6. The molecule has 4 rings (SSSR count). The Hall–Kier alpha value is -3.02. The maximum absolute atomic E-state index is 13.2. The van der Waals surface area contributed by atoms with Gasteiger partial charge in [0.15, 0.2) is 11.6 Å². The highest BCUT2D eigenvalue weighted by Gasteiger charge is 2.19. The number of pyridine rings is 2. The maximum Gasteiger partial charge on any atom is 0.441 e. The predicted octanol–water partition coefficient (Wildman–Crippen LogP) is 2.93. The fraction of sp³-hybridized carbons (Fsp3) is 0.0625. The Balaban J connectivity index is 2.17. The summed E-state index contributed by atoms with van der Waals surface area (Å²) in [6.45, 7) is 1.93. The van der Waals surface area contributed by atoms with E-state index < -0.39 is 5.76 Å². The van der Waals surface area contributed by atoms with Gasteiger partial charge in [-0.3, -0.25) is 4.57 Å². The van der Waals surface area contributed by atoms with E-state index in [1.54, 1.807) is 29.0 Å². The summed E-state index contributed by atoms with van der Waals surface area (Å²) in [6.07, 6.45) is 1.73. The molecule has 0 radical (unpaired) electrons. The van der Waals surface area contributed by atoms with Crippen LogP contribution in [0.15, 0.2) is 51.8 Å². The van der Waals surface area contributed by atoms with Gasteiger partial charge in [-0.15, -0.1) is 0 Å². The van der Waals surface area contributed by atoms with Crippen molar-refractivity contribution in [3.63, 3.8) is 0 Å². The number of hydrogen-bond donors (Lipinski definition) is 0. The Morgan fingerprint density at radius 2 is 1.95 bits per heavy atom. The average molecular weight is 295 g/mol. The molecule has 0 atom stereocenters. The van der Waals surface area contributed by atoms with Crippen molar-refractivity contribution in [3.8, 4) is 17.3 Å². The first kappa shape index (κ1) is 12.7. The summed E-state index contributed by atoms with van der Waals surface area (Å²) in [6, 6.07) is 9.58. The topological polar surface area (TPSA) is 60.9 Å². The van der Waals surface area contributed by atoms with Crippen LogP contribution >= 0.6 is 0 Å². The van der Waals surface area contributed by atoms with Crippen LogP contribution in [-0.2, 0) is 0 Å². The number of nitrogens with zero attached hydrogens (tertiary/aromatic N) is 3. The van der Waals surface area contributed by atoms with Crippen molar-refractivity contribution >= 4 is 11.0 Å². The summed E-state index contributed by atoms with van der Waals surface area (Å²) in [7, 11) is 0. The number of aromatic nitrogens is 3. The molecular weight excluding hydrogens is 285 g/mol. The van der Waals surface area contributed by atoms with Gasteiger partial charge in [0.25, 0.3) is 0 Å². The van der Waals surface area contributed by atoms with Crippen LogP contribution in [0.25, 0.3) is 28.3 Å². The molecule has 3 heterocycles. The molecule has 108 valence electrons. The number of fused-ring (bicyclic) bond motifs is 2. The quantitative estimate of drug-likeness (QED) is 0.541. The zero-order valence-electron chi connectivity index (χ0n) is 11.6. The van der Waals surface area contributed by atoms with Crippen molar-refractivity contribution in [1.29, 1.82) is 0 Å². The van der Waals surface area contributed by atoms with E-state index in [1.807, 2.05) is 13.0 Å². The van der Waals surface area contributed by atoms with Crippen LogP contribution in [0.3, 0.4) is 0 Å². The molecule has 0 saturated carbocycles. The summed E-state index contributed by atoms with van der Waals surface area (Å²) in [5.41, 5.74) is 2.26. The van der Waals surface area contributed by atoms with Crippen molar-refractivity contribution in [2.75, 3.05) is 0 Å². The third-order valence-electron chi connectivity index (χ3n) is 3.44. The van der Waals surface area contributed by atoms with Crippen LogP contribution in [-0.4, -0.2) is 14.5 Å². The first-order valence-electron chi connectivity index (χ1n) is 6.67. The van der Waals surface area contributed by atoms with Crippen LogP contribution in [0.4, 0.5) is 4.39 Å². The molecule has 2 aliphatic rings. The first-order valence-corrected chi connectivity index (χ1v) is 6.67. The zero-order chi connectivity index (χ0) is 15.3. The molecular formula is C16H10FN3O2. The number of benzene rings is 1. The SMILES string of the molecule is Cc1cnc2c(c1)cc1oc(=O)nc-1n2-c1ccc(F)cc1. The molecule has 0 bridgehead atoms. The van der Waals surface area contributed by atoms with Gasteiger partial charge in [-0.25, -0.2) is 14.2 Å².